The number of fused-ring (bicyclic) bond motifs is 1. The fourth-order valence-electron chi connectivity index (χ4n) is 3.86. The van der Waals surface area contributed by atoms with Gasteiger partial charge in [0.2, 0.25) is 0 Å². The molecule has 0 aliphatic heterocycles. The molecule has 1 aromatic heterocycles. The van der Waals surface area contributed by atoms with Gasteiger partial charge in [0.15, 0.2) is 0 Å². The second kappa shape index (κ2) is 10.2. The molecule has 0 aliphatic rings. The van der Waals surface area contributed by atoms with Gasteiger partial charge in [-0.25, -0.2) is 4.39 Å². The molecule has 1 heterocycles. The predicted octanol–water partition coefficient (Wildman–Crippen LogP) is 6.28. The summed E-state index contributed by atoms with van der Waals surface area (Å²) >= 11 is 0. The third kappa shape index (κ3) is 6.13. The highest BCUT2D eigenvalue weighted by Crippen LogP contribution is 2.34. The zero-order valence-corrected chi connectivity index (χ0v) is 19.3. The summed E-state index contributed by atoms with van der Waals surface area (Å²) in [6, 6.07) is 14.7. The van der Waals surface area contributed by atoms with E-state index in [0.717, 1.165) is 23.2 Å². The van der Waals surface area contributed by atoms with Crippen molar-refractivity contribution < 1.29 is 40.3 Å². The number of nitrogens with one attached hydrogen (secondary N) is 2. The first-order valence-electron chi connectivity index (χ1n) is 11.0. The molecule has 12 heteroatoms. The summed E-state index contributed by atoms with van der Waals surface area (Å²) in [5, 5.41) is 4.43. The number of benzene rings is 3. The number of amides is 2. The highest BCUT2D eigenvalue weighted by molar-refractivity contribution is 5.98. The molecule has 5 nitrogen and oxygen atoms in total. The lowest BCUT2D eigenvalue weighted by Crippen LogP contribution is -2.30. The van der Waals surface area contributed by atoms with E-state index in [1.54, 1.807) is 36.5 Å². The number of nitrogens with zero attached hydrogens (tertiary/aromatic N) is 1. The lowest BCUT2D eigenvalue weighted by molar-refractivity contribution is -0.167. The van der Waals surface area contributed by atoms with Gasteiger partial charge in [0.05, 0.1) is 5.56 Å². The van der Waals surface area contributed by atoms with Crippen molar-refractivity contribution in [3.8, 4) is 0 Å². The minimum Gasteiger partial charge on any atom is -0.348 e. The number of rotatable bonds is 6. The molecule has 38 heavy (non-hydrogen) atoms. The smallest absolute Gasteiger partial charge is 0.348 e. The Kier molecular flexibility index (Phi) is 7.16. The molecule has 0 radical (unpaired) electrons. The number of aromatic nitrogens is 1. The van der Waals surface area contributed by atoms with Gasteiger partial charge in [0, 0.05) is 41.4 Å². The van der Waals surface area contributed by atoms with Crippen LogP contribution in [0, 0.1) is 5.82 Å². The maximum atomic E-state index is 13.5. The van der Waals surface area contributed by atoms with Gasteiger partial charge < -0.3 is 15.2 Å². The first-order chi connectivity index (χ1) is 17.8. The Morgan fingerprint density at radius 2 is 1.63 bits per heavy atom. The fourth-order valence-corrected chi connectivity index (χ4v) is 3.86. The Labute approximate surface area is 210 Å². The van der Waals surface area contributed by atoms with Crippen molar-refractivity contribution in [2.45, 2.75) is 25.4 Å². The number of halogens is 7. The third-order valence-corrected chi connectivity index (χ3v) is 5.65. The van der Waals surface area contributed by atoms with Crippen LogP contribution in [0.1, 0.15) is 27.0 Å². The summed E-state index contributed by atoms with van der Waals surface area (Å²) in [6.45, 7) is -0.188. The highest BCUT2D eigenvalue weighted by Gasteiger charge is 2.39. The van der Waals surface area contributed by atoms with Gasteiger partial charge in [-0.15, -0.1) is 0 Å². The molecular weight excluding hydrogens is 519 g/mol. The number of carbonyl (C=O) groups is 2. The van der Waals surface area contributed by atoms with E-state index in [2.05, 4.69) is 5.32 Å². The van der Waals surface area contributed by atoms with Gasteiger partial charge in [0.1, 0.15) is 5.82 Å². The lowest BCUT2D eigenvalue weighted by Gasteiger charge is -2.16. The molecule has 0 unspecified atom stereocenters. The average Bonchev–Trinajstić information content (AvgIpc) is 3.23. The molecule has 0 atom stereocenters. The standard InChI is InChI=1S/C26H18F7N3O2/c27-19-3-1-2-15(10-19)14-36-9-8-16-11-17(5-7-22(16)36)23(37)34-13-18-4-6-20(12-21(18)25(28,29)30)35-24(38)26(31,32)33/h1-12H,13-14H2,(H,34,37)(H,35,38). The van der Waals surface area contributed by atoms with Crippen molar-refractivity contribution in [1.82, 2.24) is 9.88 Å². The topological polar surface area (TPSA) is 63.1 Å². The molecular formula is C26H18F7N3O2. The summed E-state index contributed by atoms with van der Waals surface area (Å²) in [7, 11) is 0. The van der Waals surface area contributed by atoms with Gasteiger partial charge in [-0.2, -0.15) is 26.3 Å². The van der Waals surface area contributed by atoms with Crippen LogP contribution in [0.15, 0.2) is 72.9 Å². The Morgan fingerprint density at radius 1 is 0.868 bits per heavy atom. The molecule has 0 fully saturated rings. The molecule has 0 saturated carbocycles. The van der Waals surface area contributed by atoms with Crippen LogP contribution in [-0.2, 0) is 24.1 Å². The van der Waals surface area contributed by atoms with Crippen molar-refractivity contribution in [2.24, 2.45) is 0 Å². The average molecular weight is 537 g/mol. The fraction of sp³-hybridized carbons (Fsp3) is 0.154. The monoisotopic (exact) mass is 537 g/mol. The summed E-state index contributed by atoms with van der Waals surface area (Å²) in [4.78, 5) is 23.7. The van der Waals surface area contributed by atoms with E-state index in [1.807, 2.05) is 4.57 Å². The van der Waals surface area contributed by atoms with Crippen molar-refractivity contribution >= 4 is 28.4 Å². The second-order valence-electron chi connectivity index (χ2n) is 8.35. The number of hydrogen-bond acceptors (Lipinski definition) is 2. The van der Waals surface area contributed by atoms with Crippen molar-refractivity contribution in [2.75, 3.05) is 5.32 Å². The largest absolute Gasteiger partial charge is 0.471 e. The van der Waals surface area contributed by atoms with Crippen molar-refractivity contribution in [3.63, 3.8) is 0 Å². The zero-order valence-electron chi connectivity index (χ0n) is 19.3. The molecule has 2 amide bonds. The number of alkyl halides is 6. The Balaban J connectivity index is 1.49. The van der Waals surface area contributed by atoms with E-state index in [0.29, 0.717) is 18.0 Å². The number of hydrogen-bond donors (Lipinski definition) is 2. The van der Waals surface area contributed by atoms with E-state index in [1.165, 1.54) is 23.5 Å². The minimum absolute atomic E-state index is 0.170. The number of anilines is 1. The molecule has 198 valence electrons. The normalized spacial score (nSPS) is 12.0. The minimum atomic E-state index is -5.27. The third-order valence-electron chi connectivity index (χ3n) is 5.65. The zero-order chi connectivity index (χ0) is 27.7. The Bertz CT molecular complexity index is 1510. The van der Waals surface area contributed by atoms with E-state index in [4.69, 9.17) is 0 Å². The molecule has 3 aromatic carbocycles. The number of carbonyl (C=O) groups excluding carboxylic acids is 2. The molecule has 0 spiro atoms. The van der Waals surface area contributed by atoms with Gasteiger partial charge in [-0.05, 0) is 59.7 Å². The predicted molar refractivity (Wildman–Crippen MR) is 125 cm³/mol. The maximum absolute atomic E-state index is 13.5. The van der Waals surface area contributed by atoms with Crippen LogP contribution in [0.25, 0.3) is 10.9 Å². The SMILES string of the molecule is O=C(NCc1ccc(NC(=O)C(F)(F)F)cc1C(F)(F)F)c1ccc2c(ccn2Cc2cccc(F)c2)c1. The Morgan fingerprint density at radius 3 is 2.32 bits per heavy atom. The molecule has 4 rings (SSSR count). The van der Waals surface area contributed by atoms with Gasteiger partial charge in [0.25, 0.3) is 5.91 Å². The van der Waals surface area contributed by atoms with Crippen LogP contribution in [0.2, 0.25) is 0 Å². The molecule has 0 saturated heterocycles. The van der Waals surface area contributed by atoms with Crippen LogP contribution >= 0.6 is 0 Å². The van der Waals surface area contributed by atoms with E-state index >= 15 is 0 Å². The Hall–Kier alpha value is -4.35. The van der Waals surface area contributed by atoms with Crippen LogP contribution in [0.3, 0.4) is 0 Å². The first-order valence-corrected chi connectivity index (χ1v) is 11.0. The summed E-state index contributed by atoms with van der Waals surface area (Å²) in [5.41, 5.74) is -0.747. The molecule has 0 aliphatic carbocycles. The lowest BCUT2D eigenvalue weighted by atomic mass is 10.1. The summed E-state index contributed by atoms with van der Waals surface area (Å²) in [5.74, 6) is -3.45. The van der Waals surface area contributed by atoms with Crippen LogP contribution in [0.4, 0.5) is 36.4 Å². The second-order valence-corrected chi connectivity index (χ2v) is 8.35. The quantitative estimate of drug-likeness (QED) is 0.285. The first kappa shape index (κ1) is 26.7. The van der Waals surface area contributed by atoms with E-state index in [9.17, 15) is 40.3 Å². The maximum Gasteiger partial charge on any atom is 0.471 e. The van der Waals surface area contributed by atoms with Crippen LogP contribution in [-0.4, -0.2) is 22.6 Å². The summed E-state index contributed by atoms with van der Waals surface area (Å²) < 4.78 is 93.2. The van der Waals surface area contributed by atoms with Gasteiger partial charge in [-0.1, -0.05) is 18.2 Å². The summed E-state index contributed by atoms with van der Waals surface area (Å²) in [6.07, 6.45) is -8.47. The van der Waals surface area contributed by atoms with E-state index in [-0.39, 0.29) is 11.4 Å². The molecule has 2 N–H and O–H groups in total. The van der Waals surface area contributed by atoms with E-state index < -0.39 is 47.5 Å². The molecule has 4 aromatic rings. The van der Waals surface area contributed by atoms with Crippen molar-refractivity contribution in [3.05, 3.63) is 101 Å². The van der Waals surface area contributed by atoms with Crippen LogP contribution in [0.5, 0.6) is 0 Å². The molecule has 0 bridgehead atoms. The van der Waals surface area contributed by atoms with Crippen molar-refractivity contribution in [1.29, 1.82) is 0 Å². The van der Waals surface area contributed by atoms with Gasteiger partial charge in [-0.3, -0.25) is 9.59 Å². The van der Waals surface area contributed by atoms with Gasteiger partial charge >= 0.3 is 18.3 Å². The highest BCUT2D eigenvalue weighted by atomic mass is 19.4. The van der Waals surface area contributed by atoms with Crippen LogP contribution < -0.4 is 10.6 Å².